The van der Waals surface area contributed by atoms with Crippen LogP contribution in [0.2, 0.25) is 0 Å². The molecule has 134 valence electrons. The topological polar surface area (TPSA) is 67.4 Å². The van der Waals surface area contributed by atoms with Gasteiger partial charge in [0.2, 0.25) is 0 Å². The van der Waals surface area contributed by atoms with E-state index in [9.17, 15) is 9.59 Å². The molecule has 2 N–H and O–H groups in total. The van der Waals surface area contributed by atoms with Crippen LogP contribution in [0.15, 0.2) is 59.7 Å². The van der Waals surface area contributed by atoms with Crippen molar-refractivity contribution in [1.29, 1.82) is 0 Å². The van der Waals surface area contributed by atoms with Crippen LogP contribution in [0.5, 0.6) is 0 Å². The SMILES string of the molecule is Cc1ccc(CNC(=O)c2cccc(NC(=O)C3=CSCCO3)c2)cc1. The van der Waals surface area contributed by atoms with Crippen LogP contribution in [0.3, 0.4) is 0 Å². The summed E-state index contributed by atoms with van der Waals surface area (Å²) in [6.45, 7) is 2.99. The van der Waals surface area contributed by atoms with Crippen LogP contribution in [-0.4, -0.2) is 24.2 Å². The molecule has 6 heteroatoms. The van der Waals surface area contributed by atoms with E-state index in [-0.39, 0.29) is 11.8 Å². The van der Waals surface area contributed by atoms with Crippen molar-refractivity contribution < 1.29 is 14.3 Å². The molecule has 0 bridgehead atoms. The van der Waals surface area contributed by atoms with E-state index in [1.807, 2.05) is 31.2 Å². The number of anilines is 1. The molecule has 0 aromatic heterocycles. The summed E-state index contributed by atoms with van der Waals surface area (Å²) in [6.07, 6.45) is 0. The molecule has 26 heavy (non-hydrogen) atoms. The number of carbonyl (C=O) groups is 2. The maximum absolute atomic E-state index is 12.4. The minimum Gasteiger partial charge on any atom is -0.487 e. The van der Waals surface area contributed by atoms with Gasteiger partial charge in [0.1, 0.15) is 0 Å². The molecule has 0 unspecified atom stereocenters. The second-order valence-electron chi connectivity index (χ2n) is 5.90. The van der Waals surface area contributed by atoms with Gasteiger partial charge in [-0.15, -0.1) is 11.8 Å². The molecule has 5 nitrogen and oxygen atoms in total. The smallest absolute Gasteiger partial charge is 0.291 e. The van der Waals surface area contributed by atoms with Crippen molar-refractivity contribution in [3.8, 4) is 0 Å². The van der Waals surface area contributed by atoms with Crippen molar-refractivity contribution in [3.05, 3.63) is 76.4 Å². The summed E-state index contributed by atoms with van der Waals surface area (Å²) < 4.78 is 5.33. The van der Waals surface area contributed by atoms with Crippen LogP contribution >= 0.6 is 11.8 Å². The third-order valence-electron chi connectivity index (χ3n) is 3.83. The van der Waals surface area contributed by atoms with Gasteiger partial charge in [0.15, 0.2) is 5.76 Å². The predicted octanol–water partition coefficient (Wildman–Crippen LogP) is 3.47. The number of hydrogen-bond donors (Lipinski definition) is 2. The van der Waals surface area contributed by atoms with E-state index in [0.717, 1.165) is 11.3 Å². The van der Waals surface area contributed by atoms with Crippen molar-refractivity contribution in [1.82, 2.24) is 5.32 Å². The molecule has 0 radical (unpaired) electrons. The molecule has 2 aromatic rings. The molecular weight excluding hydrogens is 348 g/mol. The summed E-state index contributed by atoms with van der Waals surface area (Å²) in [7, 11) is 0. The van der Waals surface area contributed by atoms with Crippen LogP contribution in [-0.2, 0) is 16.1 Å². The van der Waals surface area contributed by atoms with Gasteiger partial charge in [-0.1, -0.05) is 35.9 Å². The summed E-state index contributed by atoms with van der Waals surface area (Å²) >= 11 is 1.54. The van der Waals surface area contributed by atoms with E-state index in [1.54, 1.807) is 41.4 Å². The highest BCUT2D eigenvalue weighted by atomic mass is 32.2. The highest BCUT2D eigenvalue weighted by Gasteiger charge is 2.15. The van der Waals surface area contributed by atoms with Crippen molar-refractivity contribution in [2.45, 2.75) is 13.5 Å². The summed E-state index contributed by atoms with van der Waals surface area (Å²) in [5, 5.41) is 7.35. The number of ether oxygens (including phenoxy) is 1. The van der Waals surface area contributed by atoms with E-state index in [1.165, 1.54) is 5.56 Å². The summed E-state index contributed by atoms with van der Waals surface area (Å²) in [5.41, 5.74) is 3.26. The molecule has 1 aliphatic rings. The number of amides is 2. The van der Waals surface area contributed by atoms with E-state index in [2.05, 4.69) is 10.6 Å². The standard InChI is InChI=1S/C20H20N2O3S/c1-14-5-7-15(8-6-14)12-21-19(23)16-3-2-4-17(11-16)22-20(24)18-13-26-10-9-25-18/h2-8,11,13H,9-10,12H2,1H3,(H,21,23)(H,22,24). The zero-order valence-corrected chi connectivity index (χ0v) is 15.3. The average molecular weight is 368 g/mol. The molecule has 0 aliphatic carbocycles. The fourth-order valence-corrected chi connectivity index (χ4v) is 3.03. The number of hydrogen-bond acceptors (Lipinski definition) is 4. The Labute approximate surface area is 156 Å². The summed E-state index contributed by atoms with van der Waals surface area (Å²) in [5.74, 6) is 0.642. The fraction of sp³-hybridized carbons (Fsp3) is 0.200. The molecule has 0 spiro atoms. The lowest BCUT2D eigenvalue weighted by atomic mass is 10.1. The van der Waals surface area contributed by atoms with Crippen LogP contribution in [0, 0.1) is 6.92 Å². The number of thioether (sulfide) groups is 1. The number of nitrogens with one attached hydrogen (secondary N) is 2. The second-order valence-corrected chi connectivity index (χ2v) is 6.88. The molecule has 0 fully saturated rings. The largest absolute Gasteiger partial charge is 0.487 e. The molecular formula is C20H20N2O3S. The molecule has 0 saturated heterocycles. The highest BCUT2D eigenvalue weighted by Crippen LogP contribution is 2.18. The first kappa shape index (κ1) is 18.1. The maximum Gasteiger partial charge on any atom is 0.291 e. The Morgan fingerprint density at radius 2 is 1.92 bits per heavy atom. The highest BCUT2D eigenvalue weighted by molar-refractivity contribution is 8.02. The van der Waals surface area contributed by atoms with Gasteiger partial charge in [0.05, 0.1) is 6.61 Å². The Bertz CT molecular complexity index is 831. The first-order chi connectivity index (χ1) is 12.6. The van der Waals surface area contributed by atoms with Gasteiger partial charge in [-0.3, -0.25) is 9.59 Å². The zero-order chi connectivity index (χ0) is 18.4. The molecule has 0 atom stereocenters. The fourth-order valence-electron chi connectivity index (χ4n) is 2.41. The summed E-state index contributed by atoms with van der Waals surface area (Å²) in [6, 6.07) is 14.8. The van der Waals surface area contributed by atoms with E-state index in [0.29, 0.717) is 30.2 Å². The van der Waals surface area contributed by atoms with Crippen LogP contribution < -0.4 is 10.6 Å². The monoisotopic (exact) mass is 368 g/mol. The van der Waals surface area contributed by atoms with E-state index >= 15 is 0 Å². The summed E-state index contributed by atoms with van der Waals surface area (Å²) in [4.78, 5) is 24.5. The molecule has 1 aliphatic heterocycles. The molecule has 1 heterocycles. The molecule has 2 amide bonds. The molecule has 3 rings (SSSR count). The number of rotatable bonds is 5. The zero-order valence-electron chi connectivity index (χ0n) is 14.5. The normalized spacial score (nSPS) is 13.3. The van der Waals surface area contributed by atoms with E-state index < -0.39 is 0 Å². The minimum absolute atomic E-state index is 0.189. The Kier molecular flexibility index (Phi) is 5.96. The average Bonchev–Trinajstić information content (AvgIpc) is 2.68. The number of aryl methyl sites for hydroxylation is 1. The van der Waals surface area contributed by atoms with Gasteiger partial charge < -0.3 is 15.4 Å². The van der Waals surface area contributed by atoms with Crippen LogP contribution in [0.4, 0.5) is 5.69 Å². The molecule has 2 aromatic carbocycles. The Morgan fingerprint density at radius 1 is 1.12 bits per heavy atom. The van der Waals surface area contributed by atoms with Gasteiger partial charge in [-0.05, 0) is 30.7 Å². The van der Waals surface area contributed by atoms with Gasteiger partial charge in [-0.2, -0.15) is 0 Å². The van der Waals surface area contributed by atoms with Gasteiger partial charge in [-0.25, -0.2) is 0 Å². The van der Waals surface area contributed by atoms with Crippen molar-refractivity contribution in [2.75, 3.05) is 17.7 Å². The first-order valence-corrected chi connectivity index (χ1v) is 9.36. The van der Waals surface area contributed by atoms with E-state index in [4.69, 9.17) is 4.74 Å². The third kappa shape index (κ3) is 4.89. The Hall–Kier alpha value is -2.73. The third-order valence-corrected chi connectivity index (χ3v) is 4.61. The number of carbonyl (C=O) groups excluding carboxylic acids is 2. The number of benzene rings is 2. The Morgan fingerprint density at radius 3 is 2.65 bits per heavy atom. The van der Waals surface area contributed by atoms with Gasteiger partial charge in [0.25, 0.3) is 11.8 Å². The van der Waals surface area contributed by atoms with Crippen molar-refractivity contribution in [2.24, 2.45) is 0 Å². The minimum atomic E-state index is -0.311. The van der Waals surface area contributed by atoms with Gasteiger partial charge >= 0.3 is 0 Å². The van der Waals surface area contributed by atoms with Crippen molar-refractivity contribution in [3.63, 3.8) is 0 Å². The van der Waals surface area contributed by atoms with Crippen molar-refractivity contribution >= 4 is 29.3 Å². The van der Waals surface area contributed by atoms with Gasteiger partial charge in [0, 0.05) is 29.0 Å². The Balaban J connectivity index is 1.60. The maximum atomic E-state index is 12.4. The quantitative estimate of drug-likeness (QED) is 0.848. The lowest BCUT2D eigenvalue weighted by Gasteiger charge is -2.14. The first-order valence-electron chi connectivity index (χ1n) is 8.31. The predicted molar refractivity (Wildman–Crippen MR) is 104 cm³/mol. The molecule has 0 saturated carbocycles. The van der Waals surface area contributed by atoms with Crippen LogP contribution in [0.25, 0.3) is 0 Å². The van der Waals surface area contributed by atoms with Crippen LogP contribution in [0.1, 0.15) is 21.5 Å². The lowest BCUT2D eigenvalue weighted by Crippen LogP contribution is -2.23. The lowest BCUT2D eigenvalue weighted by molar-refractivity contribution is -0.116. The second kappa shape index (κ2) is 8.58.